The lowest BCUT2D eigenvalue weighted by Gasteiger charge is -2.39. The van der Waals surface area contributed by atoms with Gasteiger partial charge in [-0.15, -0.1) is 0 Å². The summed E-state index contributed by atoms with van der Waals surface area (Å²) >= 11 is 0. The monoisotopic (exact) mass is 465 g/mol. The van der Waals surface area contributed by atoms with Crippen LogP contribution in [0.5, 0.6) is 0 Å². The van der Waals surface area contributed by atoms with E-state index in [0.29, 0.717) is 6.07 Å². The molecule has 1 heterocycles. The molecule has 3 rings (SSSR count). The third kappa shape index (κ3) is 4.55. The Morgan fingerprint density at radius 3 is 2.24 bits per heavy atom. The fourth-order valence-electron chi connectivity index (χ4n) is 3.96. The number of carbonyl (C=O) groups is 1. The first kappa shape index (κ1) is 24.2. The van der Waals surface area contributed by atoms with Crippen molar-refractivity contribution in [1.82, 2.24) is 14.5 Å². The van der Waals surface area contributed by atoms with E-state index in [2.05, 4.69) is 4.98 Å². The number of hydrogen-bond donors (Lipinski definition) is 1. The average molecular weight is 465 g/mol. The van der Waals surface area contributed by atoms with E-state index in [1.807, 2.05) is 0 Å². The minimum Gasteiger partial charge on any atom is -0.465 e. The first-order chi connectivity index (χ1) is 15.4. The summed E-state index contributed by atoms with van der Waals surface area (Å²) < 4.78 is 56.3. The number of carboxylic acid groups (broad SMARTS) is 1. The number of aromatic nitrogens is 2. The highest BCUT2D eigenvalue weighted by atomic mass is 19.3. The summed E-state index contributed by atoms with van der Waals surface area (Å²) in [4.78, 5) is 31.2. The van der Waals surface area contributed by atoms with Gasteiger partial charge in [0.25, 0.3) is 12.0 Å². The van der Waals surface area contributed by atoms with E-state index in [-0.39, 0.29) is 23.4 Å². The molecule has 0 saturated carbocycles. The van der Waals surface area contributed by atoms with Crippen LogP contribution in [-0.4, -0.2) is 31.2 Å². The Labute approximate surface area is 187 Å². The molecule has 1 atom stereocenters. The zero-order valence-corrected chi connectivity index (χ0v) is 18.4. The third-order valence-electron chi connectivity index (χ3n) is 5.22. The van der Waals surface area contributed by atoms with Gasteiger partial charge in [0.1, 0.15) is 17.5 Å². The Morgan fingerprint density at radius 1 is 1.15 bits per heavy atom. The highest BCUT2D eigenvalue weighted by Crippen LogP contribution is 2.33. The van der Waals surface area contributed by atoms with Crippen molar-refractivity contribution >= 4 is 17.0 Å². The fourth-order valence-corrected chi connectivity index (χ4v) is 3.96. The smallest absolute Gasteiger partial charge is 0.408 e. The van der Waals surface area contributed by atoms with Crippen LogP contribution in [-0.2, 0) is 0 Å². The Morgan fingerprint density at radius 2 is 1.76 bits per heavy atom. The molecule has 6 nitrogen and oxygen atoms in total. The molecule has 0 radical (unpaired) electrons. The molecule has 0 saturated heterocycles. The van der Waals surface area contributed by atoms with Crippen LogP contribution in [0.15, 0.2) is 41.2 Å². The van der Waals surface area contributed by atoms with Crippen LogP contribution in [0.2, 0.25) is 0 Å². The summed E-state index contributed by atoms with van der Waals surface area (Å²) in [5, 5.41) is 9.50. The minimum absolute atomic E-state index is 0.0707. The maximum Gasteiger partial charge on any atom is 0.408 e. The van der Waals surface area contributed by atoms with Gasteiger partial charge in [-0.3, -0.25) is 14.3 Å². The van der Waals surface area contributed by atoms with Crippen molar-refractivity contribution in [2.24, 2.45) is 0 Å². The quantitative estimate of drug-likeness (QED) is 0.481. The zero-order chi connectivity index (χ0) is 24.7. The maximum absolute atomic E-state index is 14.1. The standard InChI is InChI=1S/C23H23F4N3O3/c1-5-17(30(22(32)33)23(2,3)4)20-28-16-8-6-7-15(19(26)27)18(16)21(31)29(20)14-10-12(24)9-13(25)11-14/h6-11,17,19H,5H2,1-4H3,(H,32,33)/t17-/m0/s1. The van der Waals surface area contributed by atoms with Crippen LogP contribution in [0.4, 0.5) is 22.4 Å². The van der Waals surface area contributed by atoms with Crippen LogP contribution >= 0.6 is 0 Å². The van der Waals surface area contributed by atoms with Gasteiger partial charge in [0.15, 0.2) is 0 Å². The number of benzene rings is 2. The molecule has 1 amide bonds. The second-order valence-corrected chi connectivity index (χ2v) is 8.53. The van der Waals surface area contributed by atoms with E-state index >= 15 is 0 Å². The molecule has 2 aromatic carbocycles. The van der Waals surface area contributed by atoms with E-state index in [1.165, 1.54) is 12.1 Å². The molecule has 33 heavy (non-hydrogen) atoms. The zero-order valence-electron chi connectivity index (χ0n) is 18.4. The van der Waals surface area contributed by atoms with E-state index in [0.717, 1.165) is 27.7 Å². The number of hydrogen-bond acceptors (Lipinski definition) is 3. The van der Waals surface area contributed by atoms with E-state index < -0.39 is 52.2 Å². The van der Waals surface area contributed by atoms with Crippen molar-refractivity contribution in [2.45, 2.75) is 52.1 Å². The number of halogens is 4. The molecular weight excluding hydrogens is 442 g/mol. The lowest BCUT2D eigenvalue weighted by atomic mass is 10.0. The van der Waals surface area contributed by atoms with Crippen LogP contribution in [0.3, 0.4) is 0 Å². The van der Waals surface area contributed by atoms with Crippen LogP contribution < -0.4 is 5.56 Å². The van der Waals surface area contributed by atoms with Crippen LogP contribution in [0, 0.1) is 11.6 Å². The summed E-state index contributed by atoms with van der Waals surface area (Å²) in [5.41, 5.74) is -2.86. The molecule has 0 bridgehead atoms. The summed E-state index contributed by atoms with van der Waals surface area (Å²) in [6, 6.07) is 5.04. The van der Waals surface area contributed by atoms with Gasteiger partial charge < -0.3 is 5.11 Å². The topological polar surface area (TPSA) is 75.4 Å². The molecule has 0 spiro atoms. The number of fused-ring (bicyclic) bond motifs is 1. The first-order valence-corrected chi connectivity index (χ1v) is 10.2. The molecule has 0 aliphatic carbocycles. The SMILES string of the molecule is CC[C@@H](c1nc2cccc(C(F)F)c2c(=O)n1-c1cc(F)cc(F)c1)N(C(=O)O)C(C)(C)C. The summed E-state index contributed by atoms with van der Waals surface area (Å²) in [6.45, 7) is 6.59. The lowest BCUT2D eigenvalue weighted by molar-refractivity contribution is 0.0646. The van der Waals surface area contributed by atoms with Gasteiger partial charge in [-0.2, -0.15) is 0 Å². The van der Waals surface area contributed by atoms with Crippen molar-refractivity contribution in [1.29, 1.82) is 0 Å². The Balaban J connectivity index is 2.51. The number of amides is 1. The Kier molecular flexibility index (Phi) is 6.49. The predicted molar refractivity (Wildman–Crippen MR) is 115 cm³/mol. The van der Waals surface area contributed by atoms with Gasteiger partial charge in [0.05, 0.1) is 22.6 Å². The third-order valence-corrected chi connectivity index (χ3v) is 5.22. The molecule has 176 valence electrons. The van der Waals surface area contributed by atoms with E-state index in [9.17, 15) is 32.3 Å². The van der Waals surface area contributed by atoms with Gasteiger partial charge >= 0.3 is 6.09 Å². The van der Waals surface area contributed by atoms with Gasteiger partial charge in [-0.05, 0) is 45.4 Å². The largest absolute Gasteiger partial charge is 0.465 e. The maximum atomic E-state index is 14.1. The molecule has 1 aromatic heterocycles. The summed E-state index contributed by atoms with van der Waals surface area (Å²) in [7, 11) is 0. The molecular formula is C23H23F4N3O3. The van der Waals surface area contributed by atoms with Crippen LogP contribution in [0.1, 0.15) is 58.0 Å². The van der Waals surface area contributed by atoms with Crippen molar-refractivity contribution in [2.75, 3.05) is 0 Å². The molecule has 0 unspecified atom stereocenters. The van der Waals surface area contributed by atoms with Gasteiger partial charge in [0, 0.05) is 17.2 Å². The highest BCUT2D eigenvalue weighted by Gasteiger charge is 2.36. The first-order valence-electron chi connectivity index (χ1n) is 10.2. The highest BCUT2D eigenvalue weighted by molar-refractivity contribution is 5.82. The molecule has 3 aromatic rings. The van der Waals surface area contributed by atoms with Crippen molar-refractivity contribution < 1.29 is 27.5 Å². The molecule has 10 heteroatoms. The van der Waals surface area contributed by atoms with E-state index in [1.54, 1.807) is 27.7 Å². The lowest BCUT2D eigenvalue weighted by Crippen LogP contribution is -2.48. The number of nitrogens with zero attached hydrogens (tertiary/aromatic N) is 3. The van der Waals surface area contributed by atoms with Crippen LogP contribution in [0.25, 0.3) is 16.6 Å². The predicted octanol–water partition coefficient (Wildman–Crippen LogP) is 5.83. The van der Waals surface area contributed by atoms with Crippen molar-refractivity contribution in [3.8, 4) is 5.69 Å². The van der Waals surface area contributed by atoms with Gasteiger partial charge in [-0.1, -0.05) is 19.1 Å². The van der Waals surface area contributed by atoms with Crippen molar-refractivity contribution in [3.05, 3.63) is 69.8 Å². The van der Waals surface area contributed by atoms with E-state index in [4.69, 9.17) is 0 Å². The molecule has 1 N–H and O–H groups in total. The molecule has 0 aliphatic rings. The van der Waals surface area contributed by atoms with Gasteiger partial charge in [0.2, 0.25) is 0 Å². The minimum atomic E-state index is -3.00. The Hall–Kier alpha value is -3.43. The van der Waals surface area contributed by atoms with Gasteiger partial charge in [-0.25, -0.2) is 27.3 Å². The number of alkyl halides is 2. The molecule has 0 fully saturated rings. The summed E-state index contributed by atoms with van der Waals surface area (Å²) in [5.74, 6) is -2.13. The molecule has 0 aliphatic heterocycles. The fraction of sp³-hybridized carbons (Fsp3) is 0.348. The second kappa shape index (κ2) is 8.84. The number of rotatable bonds is 5. The summed E-state index contributed by atoms with van der Waals surface area (Å²) in [6.07, 6.45) is -4.16. The second-order valence-electron chi connectivity index (χ2n) is 8.53. The van der Waals surface area contributed by atoms with Crippen molar-refractivity contribution in [3.63, 3.8) is 0 Å². The average Bonchev–Trinajstić information content (AvgIpc) is 2.69. The Bertz CT molecular complexity index is 1250. The normalized spacial score (nSPS) is 12.9.